The minimum absolute atomic E-state index is 0.500. The summed E-state index contributed by atoms with van der Waals surface area (Å²) in [5, 5.41) is 9.32. The van der Waals surface area contributed by atoms with Crippen LogP contribution in [-0.4, -0.2) is 19.6 Å². The Morgan fingerprint density at radius 2 is 1.73 bits per heavy atom. The predicted molar refractivity (Wildman–Crippen MR) is 36.1 cm³/mol. The van der Waals surface area contributed by atoms with Gasteiger partial charge in [0.1, 0.15) is 0 Å². The van der Waals surface area contributed by atoms with Crippen molar-refractivity contribution in [1.82, 2.24) is 0 Å². The van der Waals surface area contributed by atoms with Crippen molar-refractivity contribution >= 4 is 7.82 Å². The molecule has 0 aromatic carbocycles. The Labute approximate surface area is 62.4 Å². The first-order valence-corrected chi connectivity index (χ1v) is 3.88. The van der Waals surface area contributed by atoms with E-state index in [2.05, 4.69) is 0 Å². The zero-order valence-electron chi connectivity index (χ0n) is 5.62. The molecule has 0 aromatic heterocycles. The highest BCUT2D eigenvalue weighted by molar-refractivity contribution is 7.45. The summed E-state index contributed by atoms with van der Waals surface area (Å²) in [7, 11) is -4.64. The van der Waals surface area contributed by atoms with Gasteiger partial charge in [-0.3, -0.25) is 10.1 Å². The Hall–Kier alpha value is -0.750. The van der Waals surface area contributed by atoms with Crippen molar-refractivity contribution in [3.63, 3.8) is 0 Å². The molecule has 0 fully saturated rings. The fourth-order valence-electron chi connectivity index (χ4n) is 0.122. The number of nitrogens with zero attached hydrogens (tertiary/aromatic N) is 1. The van der Waals surface area contributed by atoms with Crippen molar-refractivity contribution in [2.45, 2.75) is 6.92 Å². The molecule has 0 saturated heterocycles. The van der Waals surface area contributed by atoms with Gasteiger partial charge in [-0.1, -0.05) is 0 Å². The number of hydrogen-bond acceptors (Lipinski definition) is 3. The van der Waals surface area contributed by atoms with Gasteiger partial charge in [-0.05, 0) is 13.0 Å². The lowest BCUT2D eigenvalue weighted by molar-refractivity contribution is -0.402. The Morgan fingerprint density at radius 3 is 1.73 bits per heavy atom. The van der Waals surface area contributed by atoms with Crippen LogP contribution in [-0.2, 0) is 4.57 Å². The molecule has 11 heavy (non-hydrogen) atoms. The number of nitro groups is 1. The first-order chi connectivity index (χ1) is 4.77. The monoisotopic (exact) mass is 185 g/mol. The molecule has 0 spiro atoms. The van der Waals surface area contributed by atoms with Crippen LogP contribution in [0.4, 0.5) is 0 Å². The highest BCUT2D eigenvalue weighted by Crippen LogP contribution is 2.25. The Bertz CT molecular complexity index is 174. The standard InChI is InChI=1S/C3H5NO2.H3O4P/c1-2-3-4(5)6;1-5(2,3)4/h2-3H,1H3;(H3,1,2,3,4). The van der Waals surface area contributed by atoms with E-state index < -0.39 is 12.7 Å². The number of phosphoric acid groups is 1. The fourth-order valence-corrected chi connectivity index (χ4v) is 0.122. The van der Waals surface area contributed by atoms with Crippen LogP contribution in [0.3, 0.4) is 0 Å². The van der Waals surface area contributed by atoms with E-state index in [0.29, 0.717) is 0 Å². The molecule has 0 rings (SSSR count). The molecule has 0 bridgehead atoms. The molecule has 0 saturated carbocycles. The van der Waals surface area contributed by atoms with E-state index in [1.807, 2.05) is 0 Å². The van der Waals surface area contributed by atoms with Crippen LogP contribution in [0.25, 0.3) is 0 Å². The van der Waals surface area contributed by atoms with Gasteiger partial charge < -0.3 is 14.7 Å². The molecule has 0 aliphatic heterocycles. The Balaban J connectivity index is 0. The quantitative estimate of drug-likeness (QED) is 0.297. The highest BCUT2D eigenvalue weighted by Gasteiger charge is 2.00. The van der Waals surface area contributed by atoms with Crippen LogP contribution >= 0.6 is 7.82 Å². The molecule has 0 heterocycles. The summed E-state index contributed by atoms with van der Waals surface area (Å²) in [5.74, 6) is 0. The van der Waals surface area contributed by atoms with Gasteiger partial charge in [-0.15, -0.1) is 0 Å². The van der Waals surface area contributed by atoms with Crippen LogP contribution in [0.1, 0.15) is 6.92 Å². The molecular formula is C3H8NO6P. The van der Waals surface area contributed by atoms with E-state index in [1.54, 1.807) is 6.92 Å². The van der Waals surface area contributed by atoms with E-state index in [9.17, 15) is 10.1 Å². The molecule has 8 heteroatoms. The second kappa shape index (κ2) is 5.99. The summed E-state index contributed by atoms with van der Waals surface area (Å²) in [6.45, 7) is 1.60. The number of allylic oxidation sites excluding steroid dienone is 1. The van der Waals surface area contributed by atoms with Crippen molar-refractivity contribution in [1.29, 1.82) is 0 Å². The van der Waals surface area contributed by atoms with E-state index in [0.717, 1.165) is 6.20 Å². The van der Waals surface area contributed by atoms with Gasteiger partial charge in [-0.25, -0.2) is 4.57 Å². The normalized spacial score (nSPS) is 10.5. The van der Waals surface area contributed by atoms with E-state index in [-0.39, 0.29) is 0 Å². The van der Waals surface area contributed by atoms with Gasteiger partial charge in [0.25, 0.3) is 0 Å². The van der Waals surface area contributed by atoms with Crippen LogP contribution in [0, 0.1) is 10.1 Å². The third kappa shape index (κ3) is 96.0. The van der Waals surface area contributed by atoms with Crippen LogP contribution < -0.4 is 0 Å². The summed E-state index contributed by atoms with van der Waals surface area (Å²) in [5.41, 5.74) is 0. The maximum Gasteiger partial charge on any atom is 0.466 e. The molecule has 0 aliphatic rings. The average Bonchev–Trinajstić information content (AvgIpc) is 1.58. The number of hydrogen-bond donors (Lipinski definition) is 3. The van der Waals surface area contributed by atoms with Gasteiger partial charge in [0, 0.05) is 0 Å². The van der Waals surface area contributed by atoms with E-state index in [1.165, 1.54) is 6.08 Å². The van der Waals surface area contributed by atoms with Gasteiger partial charge >= 0.3 is 7.82 Å². The molecule has 0 amide bonds. The average molecular weight is 185 g/mol. The molecule has 66 valence electrons. The molecule has 7 nitrogen and oxygen atoms in total. The summed E-state index contributed by atoms with van der Waals surface area (Å²) >= 11 is 0. The summed E-state index contributed by atoms with van der Waals surface area (Å²) < 4.78 is 8.88. The van der Waals surface area contributed by atoms with Gasteiger partial charge in [0.2, 0.25) is 6.20 Å². The zero-order valence-corrected chi connectivity index (χ0v) is 6.51. The molecule has 0 unspecified atom stereocenters. The summed E-state index contributed by atoms with van der Waals surface area (Å²) in [6.07, 6.45) is 2.26. The Morgan fingerprint density at radius 1 is 1.45 bits per heavy atom. The summed E-state index contributed by atoms with van der Waals surface area (Å²) in [6, 6.07) is 0. The maximum atomic E-state index is 9.32. The van der Waals surface area contributed by atoms with Crippen molar-refractivity contribution in [2.24, 2.45) is 0 Å². The molecule has 0 aliphatic carbocycles. The number of rotatable bonds is 1. The summed E-state index contributed by atoms with van der Waals surface area (Å²) in [4.78, 5) is 30.4. The minimum atomic E-state index is -4.64. The second-order valence-electron chi connectivity index (χ2n) is 1.28. The first-order valence-electron chi connectivity index (χ1n) is 2.32. The van der Waals surface area contributed by atoms with Crippen LogP contribution in [0.2, 0.25) is 0 Å². The van der Waals surface area contributed by atoms with Gasteiger partial charge in [0.05, 0.1) is 4.92 Å². The van der Waals surface area contributed by atoms with Crippen molar-refractivity contribution in [3.05, 3.63) is 22.4 Å². The van der Waals surface area contributed by atoms with Crippen LogP contribution in [0.5, 0.6) is 0 Å². The highest BCUT2D eigenvalue weighted by atomic mass is 31.2. The van der Waals surface area contributed by atoms with Crippen molar-refractivity contribution in [2.75, 3.05) is 0 Å². The lowest BCUT2D eigenvalue weighted by Gasteiger charge is -1.82. The zero-order chi connectivity index (χ0) is 9.49. The molecule has 3 N–H and O–H groups in total. The SMILES string of the molecule is CC=C[N+](=O)[O-].O=P(O)(O)O. The van der Waals surface area contributed by atoms with Crippen LogP contribution in [0.15, 0.2) is 12.3 Å². The topological polar surface area (TPSA) is 121 Å². The third-order valence-corrected chi connectivity index (χ3v) is 0.271. The predicted octanol–water partition coefficient (Wildman–Crippen LogP) is -0.132. The van der Waals surface area contributed by atoms with E-state index >= 15 is 0 Å². The van der Waals surface area contributed by atoms with Gasteiger partial charge in [-0.2, -0.15) is 0 Å². The lowest BCUT2D eigenvalue weighted by atomic mass is 10.7. The smallest absolute Gasteiger partial charge is 0.303 e. The molecule has 0 atom stereocenters. The Kier molecular flexibility index (Phi) is 7.02. The van der Waals surface area contributed by atoms with Crippen molar-refractivity contribution in [3.8, 4) is 0 Å². The third-order valence-electron chi connectivity index (χ3n) is 0.271. The lowest BCUT2D eigenvalue weighted by Crippen LogP contribution is -1.79. The van der Waals surface area contributed by atoms with Gasteiger partial charge in [0.15, 0.2) is 0 Å². The molecular weight excluding hydrogens is 177 g/mol. The fraction of sp³-hybridized carbons (Fsp3) is 0.333. The second-order valence-corrected chi connectivity index (χ2v) is 2.31. The first kappa shape index (κ1) is 12.9. The molecule has 0 aromatic rings. The molecule has 0 radical (unpaired) electrons. The largest absolute Gasteiger partial charge is 0.466 e. The maximum absolute atomic E-state index is 9.32. The van der Waals surface area contributed by atoms with Crippen molar-refractivity contribution < 1.29 is 24.2 Å². The van der Waals surface area contributed by atoms with E-state index in [4.69, 9.17) is 19.2 Å². The minimum Gasteiger partial charge on any atom is -0.303 e.